The molecule has 4 rings (SSSR count). The van der Waals surface area contributed by atoms with Gasteiger partial charge in [0.25, 0.3) is 15.9 Å². The number of fused-ring (bicyclic) bond motifs is 1. The number of phenolic OH excluding ortho intramolecular Hbond substituents is 1. The summed E-state index contributed by atoms with van der Waals surface area (Å²) in [6, 6.07) is 13.5. The average molecular weight is 500 g/mol. The van der Waals surface area contributed by atoms with Gasteiger partial charge in [0, 0.05) is 17.3 Å². The number of hydrogen-bond donors (Lipinski definition) is 3. The number of carbonyl (C=O) groups excluding carboxylic acids is 1. The van der Waals surface area contributed by atoms with Crippen molar-refractivity contribution in [3.8, 4) is 17.2 Å². The molecular weight excluding hydrogens is 478 g/mol. The van der Waals surface area contributed by atoms with Crippen molar-refractivity contribution in [2.75, 3.05) is 17.9 Å². The molecule has 0 aliphatic carbocycles. The predicted octanol–water partition coefficient (Wildman–Crippen LogP) is 3.36. The van der Waals surface area contributed by atoms with Crippen LogP contribution < -0.4 is 19.5 Å². The van der Waals surface area contributed by atoms with Gasteiger partial charge in [0.05, 0.1) is 15.9 Å². The lowest BCUT2D eigenvalue weighted by Crippen LogP contribution is -2.26. The van der Waals surface area contributed by atoms with Crippen LogP contribution in [-0.4, -0.2) is 37.6 Å². The topological polar surface area (TPSA) is 157 Å². The van der Waals surface area contributed by atoms with E-state index in [4.69, 9.17) is 9.47 Å². The first-order chi connectivity index (χ1) is 16.6. The molecule has 0 spiro atoms. The zero-order valence-electron chi connectivity index (χ0n) is 18.4. The summed E-state index contributed by atoms with van der Waals surface area (Å²) >= 11 is 0. The van der Waals surface area contributed by atoms with E-state index in [1.165, 1.54) is 24.3 Å². The molecule has 1 aliphatic rings. The largest absolute Gasteiger partial charge is 0.502 e. The summed E-state index contributed by atoms with van der Waals surface area (Å²) in [6.07, 6.45) is 0. The van der Waals surface area contributed by atoms with Crippen LogP contribution in [0.5, 0.6) is 17.2 Å². The van der Waals surface area contributed by atoms with Crippen LogP contribution in [0.4, 0.5) is 11.4 Å². The van der Waals surface area contributed by atoms with Gasteiger partial charge in [0.2, 0.25) is 0 Å². The number of ether oxygens (including phenoxy) is 2. The van der Waals surface area contributed by atoms with E-state index < -0.39 is 31.3 Å². The number of nitrogens with one attached hydrogen (secondary N) is 2. The molecule has 12 heteroatoms. The van der Waals surface area contributed by atoms with E-state index in [2.05, 4.69) is 10.0 Å². The minimum Gasteiger partial charge on any atom is -0.502 e. The highest BCUT2D eigenvalue weighted by molar-refractivity contribution is 7.92. The molecule has 11 nitrogen and oxygen atoms in total. The molecule has 1 unspecified atom stereocenters. The van der Waals surface area contributed by atoms with Gasteiger partial charge in [-0.25, -0.2) is 8.42 Å². The first kappa shape index (κ1) is 23.8. The molecule has 0 radical (unpaired) electrons. The minimum atomic E-state index is -4.17. The third kappa shape index (κ3) is 5.27. The average Bonchev–Trinajstić information content (AvgIpc) is 2.83. The smallest absolute Gasteiger partial charge is 0.312 e. The number of carbonyl (C=O) groups is 1. The number of rotatable bonds is 7. The summed E-state index contributed by atoms with van der Waals surface area (Å²) in [7, 11) is -4.17. The summed E-state index contributed by atoms with van der Waals surface area (Å²) in [6.45, 7) is 2.76. The lowest BCUT2D eigenvalue weighted by atomic mass is 10.1. The molecule has 0 aromatic heterocycles. The maximum absolute atomic E-state index is 12.7. The van der Waals surface area contributed by atoms with Gasteiger partial charge in [0.15, 0.2) is 17.2 Å². The molecule has 1 heterocycles. The van der Waals surface area contributed by atoms with Gasteiger partial charge in [-0.2, -0.15) is 0 Å². The second-order valence-electron chi connectivity index (χ2n) is 7.69. The lowest BCUT2D eigenvalue weighted by molar-refractivity contribution is -0.386. The predicted molar refractivity (Wildman–Crippen MR) is 125 cm³/mol. The molecule has 3 N–H and O–H groups in total. The highest BCUT2D eigenvalue weighted by atomic mass is 32.2. The molecule has 182 valence electrons. The molecule has 3 aromatic rings. The van der Waals surface area contributed by atoms with Crippen molar-refractivity contribution in [3.63, 3.8) is 0 Å². The van der Waals surface area contributed by atoms with Crippen molar-refractivity contribution in [1.29, 1.82) is 0 Å². The van der Waals surface area contributed by atoms with Crippen LogP contribution in [-0.2, 0) is 10.0 Å². The summed E-state index contributed by atoms with van der Waals surface area (Å²) < 4.78 is 38.6. The van der Waals surface area contributed by atoms with Crippen LogP contribution in [0, 0.1) is 10.1 Å². The Kier molecular flexibility index (Phi) is 6.47. The van der Waals surface area contributed by atoms with Crippen LogP contribution >= 0.6 is 0 Å². The van der Waals surface area contributed by atoms with Gasteiger partial charge in [-0.15, -0.1) is 0 Å². The van der Waals surface area contributed by atoms with Crippen molar-refractivity contribution in [2.24, 2.45) is 0 Å². The van der Waals surface area contributed by atoms with E-state index in [1.54, 1.807) is 6.07 Å². The van der Waals surface area contributed by atoms with E-state index in [-0.39, 0.29) is 17.6 Å². The molecule has 1 atom stereocenters. The number of nitro groups is 1. The van der Waals surface area contributed by atoms with Crippen molar-refractivity contribution in [2.45, 2.75) is 17.9 Å². The van der Waals surface area contributed by atoms with Crippen LogP contribution in [0.1, 0.15) is 28.9 Å². The Labute approximate surface area is 200 Å². The summed E-state index contributed by atoms with van der Waals surface area (Å²) in [5.41, 5.74) is 0.553. The molecule has 0 fully saturated rings. The maximum atomic E-state index is 12.7. The Bertz CT molecular complexity index is 1390. The second kappa shape index (κ2) is 9.50. The lowest BCUT2D eigenvalue weighted by Gasteiger charge is -2.21. The minimum absolute atomic E-state index is 0.150. The Balaban J connectivity index is 1.43. The first-order valence-electron chi connectivity index (χ1n) is 10.4. The maximum Gasteiger partial charge on any atom is 0.312 e. The third-order valence-corrected chi connectivity index (χ3v) is 6.65. The summed E-state index contributed by atoms with van der Waals surface area (Å²) in [4.78, 5) is 22.4. The number of sulfonamides is 1. The van der Waals surface area contributed by atoms with Crippen LogP contribution in [0.25, 0.3) is 0 Å². The standard InChI is InChI=1S/C23H21N3O8S/c1-14(16-4-9-21-22(12-16)34-11-10-33-21)24-23(28)15-2-5-17(6-3-15)25-35(31,32)18-7-8-20(27)19(13-18)26(29)30/h2-9,12-14,25,27H,10-11H2,1H3,(H,24,28). The zero-order chi connectivity index (χ0) is 25.2. The SMILES string of the molecule is CC(NC(=O)c1ccc(NS(=O)(=O)c2ccc(O)c([N+](=O)[O-])c2)cc1)c1ccc2c(c1)OCCO2. The van der Waals surface area contributed by atoms with Crippen molar-refractivity contribution in [1.82, 2.24) is 5.32 Å². The fourth-order valence-electron chi connectivity index (χ4n) is 3.41. The van der Waals surface area contributed by atoms with E-state index in [9.17, 15) is 28.4 Å². The van der Waals surface area contributed by atoms with Gasteiger partial charge >= 0.3 is 5.69 Å². The number of anilines is 1. The quantitative estimate of drug-likeness (QED) is 0.330. The van der Waals surface area contributed by atoms with E-state index >= 15 is 0 Å². The van der Waals surface area contributed by atoms with Crippen LogP contribution in [0.2, 0.25) is 0 Å². The number of nitro benzene ring substituents is 1. The van der Waals surface area contributed by atoms with Crippen molar-refractivity contribution in [3.05, 3.63) is 81.9 Å². The van der Waals surface area contributed by atoms with E-state index in [0.717, 1.165) is 23.8 Å². The Morgan fingerprint density at radius 3 is 2.40 bits per heavy atom. The number of phenols is 1. The molecule has 0 bridgehead atoms. The molecule has 1 amide bonds. The molecule has 3 aromatic carbocycles. The first-order valence-corrected chi connectivity index (χ1v) is 11.9. The van der Waals surface area contributed by atoms with Gasteiger partial charge < -0.3 is 19.9 Å². The van der Waals surface area contributed by atoms with Gasteiger partial charge in [-0.3, -0.25) is 19.6 Å². The number of aromatic hydroxyl groups is 1. The highest BCUT2D eigenvalue weighted by Gasteiger charge is 2.22. The number of benzene rings is 3. The molecule has 0 saturated carbocycles. The molecule has 0 saturated heterocycles. The van der Waals surface area contributed by atoms with Crippen molar-refractivity contribution < 1.29 is 32.7 Å². The summed E-state index contributed by atoms with van der Waals surface area (Å²) in [5, 5.41) is 23.4. The number of amides is 1. The Morgan fingerprint density at radius 2 is 1.71 bits per heavy atom. The number of hydrogen-bond acceptors (Lipinski definition) is 8. The summed E-state index contributed by atoms with van der Waals surface area (Å²) in [5.74, 6) is 0.259. The normalized spacial score (nSPS) is 13.5. The zero-order valence-corrected chi connectivity index (χ0v) is 19.2. The van der Waals surface area contributed by atoms with Gasteiger partial charge in [-0.1, -0.05) is 6.07 Å². The second-order valence-corrected chi connectivity index (χ2v) is 9.37. The molecule has 35 heavy (non-hydrogen) atoms. The third-order valence-electron chi connectivity index (χ3n) is 5.27. The Morgan fingerprint density at radius 1 is 1.03 bits per heavy atom. The highest BCUT2D eigenvalue weighted by Crippen LogP contribution is 2.33. The fraction of sp³-hybridized carbons (Fsp3) is 0.174. The van der Waals surface area contributed by atoms with Crippen molar-refractivity contribution >= 4 is 27.3 Å². The van der Waals surface area contributed by atoms with E-state index in [1.807, 2.05) is 19.1 Å². The number of nitrogens with zero attached hydrogens (tertiary/aromatic N) is 1. The van der Waals surface area contributed by atoms with Crippen LogP contribution in [0.3, 0.4) is 0 Å². The fourth-order valence-corrected chi connectivity index (χ4v) is 4.49. The van der Waals surface area contributed by atoms with E-state index in [0.29, 0.717) is 30.3 Å². The molecular formula is C23H21N3O8S. The van der Waals surface area contributed by atoms with Gasteiger partial charge in [0.1, 0.15) is 13.2 Å². The Hall–Kier alpha value is -4.32. The van der Waals surface area contributed by atoms with Crippen LogP contribution in [0.15, 0.2) is 65.6 Å². The molecule has 1 aliphatic heterocycles. The van der Waals surface area contributed by atoms with Gasteiger partial charge in [-0.05, 0) is 61.0 Å². The monoisotopic (exact) mass is 499 g/mol.